The Morgan fingerprint density at radius 1 is 1.36 bits per heavy atom. The highest BCUT2D eigenvalue weighted by atomic mass is 32.1. The van der Waals surface area contributed by atoms with Gasteiger partial charge < -0.3 is 14.0 Å². The predicted octanol–water partition coefficient (Wildman–Crippen LogP) is 1.44. The summed E-state index contributed by atoms with van der Waals surface area (Å²) in [6.45, 7) is 0.931. The number of aryl methyl sites for hydroxylation is 1. The van der Waals surface area contributed by atoms with Gasteiger partial charge in [-0.25, -0.2) is 4.98 Å². The molecule has 4 heterocycles. The summed E-state index contributed by atoms with van der Waals surface area (Å²) in [7, 11) is 0. The average Bonchev–Trinajstić information content (AvgIpc) is 3.28. The third-order valence-corrected chi connectivity index (χ3v) is 5.20. The monoisotopic (exact) mass is 355 g/mol. The van der Waals surface area contributed by atoms with Gasteiger partial charge >= 0.3 is 0 Å². The summed E-state index contributed by atoms with van der Waals surface area (Å²) in [5.74, 6) is 1.06. The van der Waals surface area contributed by atoms with Crippen molar-refractivity contribution in [3.05, 3.63) is 61.4 Å². The first kappa shape index (κ1) is 15.8. The summed E-state index contributed by atoms with van der Waals surface area (Å²) in [4.78, 5) is 31.5. The number of aromatic amines is 1. The van der Waals surface area contributed by atoms with Gasteiger partial charge in [-0.1, -0.05) is 6.42 Å². The Morgan fingerprint density at radius 3 is 3.12 bits per heavy atom. The molecule has 1 N–H and O–H groups in total. The number of nitrogens with one attached hydrogen (secondary N) is 1. The van der Waals surface area contributed by atoms with Crippen LogP contribution in [-0.2, 0) is 13.0 Å². The molecule has 1 aliphatic heterocycles. The molecule has 0 aromatic carbocycles. The molecule has 0 radical (unpaired) electrons. The number of furan rings is 1. The minimum atomic E-state index is -0.271. The van der Waals surface area contributed by atoms with E-state index < -0.39 is 0 Å². The molecular formula is C18H17N3O3S. The number of ketones is 1. The fourth-order valence-electron chi connectivity index (χ4n) is 3.00. The van der Waals surface area contributed by atoms with Crippen molar-refractivity contribution in [3.63, 3.8) is 0 Å². The van der Waals surface area contributed by atoms with Crippen molar-refractivity contribution in [1.29, 1.82) is 0 Å². The van der Waals surface area contributed by atoms with E-state index in [1.54, 1.807) is 12.1 Å². The molecule has 1 aliphatic rings. The number of rotatable bonds is 3. The first-order chi connectivity index (χ1) is 12.2. The molecule has 0 unspecified atom stereocenters. The second-order valence-corrected chi connectivity index (χ2v) is 7.06. The highest BCUT2D eigenvalue weighted by molar-refractivity contribution is 7.07. The van der Waals surface area contributed by atoms with Crippen LogP contribution in [0, 0.1) is 0 Å². The van der Waals surface area contributed by atoms with Crippen molar-refractivity contribution in [1.82, 2.24) is 14.5 Å². The van der Waals surface area contributed by atoms with Gasteiger partial charge in [-0.2, -0.15) is 0 Å². The van der Waals surface area contributed by atoms with E-state index in [9.17, 15) is 9.59 Å². The zero-order valence-corrected chi connectivity index (χ0v) is 14.3. The van der Waals surface area contributed by atoms with E-state index in [-0.39, 0.29) is 17.1 Å². The Labute approximate surface area is 147 Å². The van der Waals surface area contributed by atoms with Crippen molar-refractivity contribution in [3.8, 4) is 0 Å². The number of Topliss-reactive ketones (excluding diaryl/α,β-unsaturated/α-hetero) is 1. The van der Waals surface area contributed by atoms with Crippen molar-refractivity contribution >= 4 is 29.3 Å². The molecular weight excluding hydrogens is 338 g/mol. The number of hydrogen-bond acceptors (Lipinski definition) is 5. The lowest BCUT2D eigenvalue weighted by Crippen LogP contribution is -2.20. The number of hydrogen-bond donors (Lipinski definition) is 1. The summed E-state index contributed by atoms with van der Waals surface area (Å²) in [5.41, 5.74) is 0.737. The lowest BCUT2D eigenvalue weighted by molar-refractivity contribution is 0.103. The molecule has 25 heavy (non-hydrogen) atoms. The quantitative estimate of drug-likeness (QED) is 0.721. The molecule has 7 heteroatoms. The van der Waals surface area contributed by atoms with Crippen LogP contribution in [0.2, 0.25) is 0 Å². The van der Waals surface area contributed by atoms with Gasteiger partial charge in [-0.3, -0.25) is 9.59 Å². The summed E-state index contributed by atoms with van der Waals surface area (Å²) in [6.07, 6.45) is 11.0. The van der Waals surface area contributed by atoms with E-state index in [0.29, 0.717) is 9.20 Å². The molecule has 6 nitrogen and oxygen atoms in total. The number of thiazole rings is 1. The van der Waals surface area contributed by atoms with Crippen molar-refractivity contribution in [2.24, 2.45) is 0 Å². The van der Waals surface area contributed by atoms with E-state index in [0.717, 1.165) is 37.3 Å². The lowest BCUT2D eigenvalue weighted by atomic mass is 10.2. The Morgan fingerprint density at radius 2 is 2.28 bits per heavy atom. The molecule has 0 fully saturated rings. The largest absolute Gasteiger partial charge is 0.461 e. The van der Waals surface area contributed by atoms with Gasteiger partial charge in [-0.05, 0) is 31.1 Å². The Balaban J connectivity index is 1.72. The van der Waals surface area contributed by atoms with Gasteiger partial charge in [0.1, 0.15) is 5.82 Å². The van der Waals surface area contributed by atoms with Crippen LogP contribution in [0.3, 0.4) is 0 Å². The maximum Gasteiger partial charge on any atom is 0.266 e. The molecule has 0 spiro atoms. The smallest absolute Gasteiger partial charge is 0.266 e. The van der Waals surface area contributed by atoms with E-state index >= 15 is 0 Å². The van der Waals surface area contributed by atoms with Crippen LogP contribution in [0.15, 0.2) is 33.8 Å². The van der Waals surface area contributed by atoms with Gasteiger partial charge in [0.15, 0.2) is 5.76 Å². The number of carbonyl (C=O) groups excluding carboxylic acids is 1. The molecule has 4 rings (SSSR count). The van der Waals surface area contributed by atoms with Crippen LogP contribution in [0.1, 0.15) is 41.3 Å². The standard InChI is InChI=1S/C18H17N3O3S/c22-13(14-5-4-8-24-14)10-17-20-18(23)15(25-17)9-12-11-19-16-6-2-1-3-7-21(12)16/h4-5,8-11H,1-3,6-7H2,(H,20,23)/b15-9+,17-10-. The van der Waals surface area contributed by atoms with E-state index in [1.165, 1.54) is 30.1 Å². The topological polar surface area (TPSA) is 80.9 Å². The molecule has 0 amide bonds. The Hall–Kier alpha value is -2.67. The number of nitrogens with zero attached hydrogens (tertiary/aromatic N) is 2. The molecule has 0 saturated carbocycles. The predicted molar refractivity (Wildman–Crippen MR) is 95.0 cm³/mol. The van der Waals surface area contributed by atoms with Gasteiger partial charge in [-0.15, -0.1) is 11.3 Å². The van der Waals surface area contributed by atoms with Crippen LogP contribution >= 0.6 is 11.3 Å². The van der Waals surface area contributed by atoms with Gasteiger partial charge in [0.05, 0.1) is 27.3 Å². The van der Waals surface area contributed by atoms with Gasteiger partial charge in [0.25, 0.3) is 5.56 Å². The zero-order valence-electron chi connectivity index (χ0n) is 13.5. The lowest BCUT2D eigenvalue weighted by Gasteiger charge is -2.04. The van der Waals surface area contributed by atoms with Crippen molar-refractivity contribution in [2.75, 3.05) is 0 Å². The normalized spacial score (nSPS) is 16.0. The van der Waals surface area contributed by atoms with Gasteiger partial charge in [0.2, 0.25) is 5.78 Å². The molecule has 128 valence electrons. The maximum absolute atomic E-state index is 12.2. The first-order valence-electron chi connectivity index (χ1n) is 8.25. The third kappa shape index (κ3) is 3.28. The zero-order chi connectivity index (χ0) is 17.2. The van der Waals surface area contributed by atoms with E-state index in [4.69, 9.17) is 4.42 Å². The maximum atomic E-state index is 12.2. The minimum Gasteiger partial charge on any atom is -0.461 e. The number of aromatic nitrogens is 3. The molecule has 3 aromatic heterocycles. The van der Waals surface area contributed by atoms with Crippen molar-refractivity contribution < 1.29 is 9.21 Å². The fraction of sp³-hybridized carbons (Fsp3) is 0.278. The minimum absolute atomic E-state index is 0.201. The molecule has 0 bridgehead atoms. The number of carbonyl (C=O) groups is 1. The second-order valence-electron chi connectivity index (χ2n) is 5.98. The first-order valence-corrected chi connectivity index (χ1v) is 9.07. The Kier molecular flexibility index (Phi) is 4.23. The summed E-state index contributed by atoms with van der Waals surface area (Å²) in [6, 6.07) is 3.25. The Bertz CT molecular complexity index is 1070. The van der Waals surface area contributed by atoms with Crippen molar-refractivity contribution in [2.45, 2.75) is 32.2 Å². The molecule has 0 atom stereocenters. The molecule has 3 aromatic rings. The summed E-state index contributed by atoms with van der Waals surface area (Å²) in [5, 5.41) is 0. The molecule has 0 saturated heterocycles. The number of fused-ring (bicyclic) bond motifs is 1. The second kappa shape index (κ2) is 6.68. The highest BCUT2D eigenvalue weighted by Gasteiger charge is 2.12. The SMILES string of the molecule is O=C(/C=c1/[nH]c(=O)/c(=C\c2cnc3n2CCCCC3)s1)c1ccco1. The summed E-state index contributed by atoms with van der Waals surface area (Å²) < 4.78 is 8.33. The fourth-order valence-corrected chi connectivity index (χ4v) is 3.87. The van der Waals surface area contributed by atoms with Crippen LogP contribution in [-0.4, -0.2) is 20.3 Å². The average molecular weight is 355 g/mol. The highest BCUT2D eigenvalue weighted by Crippen LogP contribution is 2.16. The van der Waals surface area contributed by atoms with Crippen LogP contribution < -0.4 is 14.8 Å². The van der Waals surface area contributed by atoms with Crippen LogP contribution in [0.25, 0.3) is 12.2 Å². The van der Waals surface area contributed by atoms with Crippen LogP contribution in [0.4, 0.5) is 0 Å². The number of imidazole rings is 1. The van der Waals surface area contributed by atoms with E-state index in [1.807, 2.05) is 12.3 Å². The third-order valence-electron chi connectivity index (χ3n) is 4.24. The summed E-state index contributed by atoms with van der Waals surface area (Å²) >= 11 is 1.26. The van der Waals surface area contributed by atoms with E-state index in [2.05, 4.69) is 14.5 Å². The number of H-pyrrole nitrogens is 1. The van der Waals surface area contributed by atoms with Gasteiger partial charge in [0, 0.05) is 19.0 Å². The molecule has 0 aliphatic carbocycles. The van der Waals surface area contributed by atoms with Crippen LogP contribution in [0.5, 0.6) is 0 Å².